The highest BCUT2D eigenvalue weighted by molar-refractivity contribution is 5.64. The average Bonchev–Trinajstić information content (AvgIpc) is 2.16. The first-order chi connectivity index (χ1) is 6.67. The summed E-state index contributed by atoms with van der Waals surface area (Å²) in [7, 11) is 1.74. The van der Waals surface area contributed by atoms with Gasteiger partial charge >= 0.3 is 0 Å². The average molecular weight is 198 g/mol. The van der Waals surface area contributed by atoms with Gasteiger partial charge in [0, 0.05) is 13.0 Å². The van der Waals surface area contributed by atoms with Crippen molar-refractivity contribution in [3.8, 4) is 0 Å². The second-order valence-corrected chi connectivity index (χ2v) is 3.85. The molecule has 0 fully saturated rings. The van der Waals surface area contributed by atoms with Gasteiger partial charge in [-0.05, 0) is 18.4 Å². The molecule has 0 aliphatic heterocycles. The van der Waals surface area contributed by atoms with Crippen LogP contribution in [0.4, 0.5) is 0 Å². The molecule has 0 aliphatic carbocycles. The lowest BCUT2D eigenvalue weighted by Gasteiger charge is -2.26. The van der Waals surface area contributed by atoms with E-state index in [1.807, 2.05) is 6.08 Å². The molecule has 0 aliphatic rings. The van der Waals surface area contributed by atoms with Crippen molar-refractivity contribution in [2.45, 2.75) is 39.7 Å². The minimum absolute atomic E-state index is 0.214. The third-order valence-corrected chi connectivity index (χ3v) is 2.59. The molecule has 3 atom stereocenters. The fraction of sp³-hybridized carbons (Fsp3) is 0.750. The van der Waals surface area contributed by atoms with E-state index in [4.69, 9.17) is 4.74 Å². The summed E-state index contributed by atoms with van der Waals surface area (Å²) >= 11 is 0. The van der Waals surface area contributed by atoms with E-state index in [0.717, 1.165) is 12.7 Å². The van der Waals surface area contributed by atoms with E-state index in [2.05, 4.69) is 20.8 Å². The Morgan fingerprint density at radius 2 is 2.00 bits per heavy atom. The van der Waals surface area contributed by atoms with E-state index >= 15 is 0 Å². The molecule has 3 unspecified atom stereocenters. The van der Waals surface area contributed by atoms with Crippen LogP contribution in [0.25, 0.3) is 0 Å². The molecular formula is C12H22O2. The van der Waals surface area contributed by atoms with Crippen molar-refractivity contribution in [3.05, 3.63) is 12.2 Å². The maximum atomic E-state index is 10.2. The van der Waals surface area contributed by atoms with Crippen LogP contribution in [0.5, 0.6) is 0 Å². The molecule has 0 aromatic carbocycles. The highest BCUT2D eigenvalue weighted by Crippen LogP contribution is 2.21. The number of methoxy groups -OCH3 is 1. The maximum absolute atomic E-state index is 10.2. The second kappa shape index (κ2) is 7.74. The number of aldehydes is 1. The Hall–Kier alpha value is -0.630. The Balaban J connectivity index is 4.22. The van der Waals surface area contributed by atoms with Crippen molar-refractivity contribution in [1.82, 2.24) is 0 Å². The van der Waals surface area contributed by atoms with Gasteiger partial charge in [0.1, 0.15) is 6.29 Å². The summed E-state index contributed by atoms with van der Waals surface area (Å²) in [6, 6.07) is 0. The van der Waals surface area contributed by atoms with Gasteiger partial charge in [-0.15, -0.1) is 0 Å². The molecule has 82 valence electrons. The van der Waals surface area contributed by atoms with Crippen LogP contribution in [-0.2, 0) is 9.53 Å². The van der Waals surface area contributed by atoms with Crippen LogP contribution in [0.15, 0.2) is 12.2 Å². The van der Waals surface area contributed by atoms with Gasteiger partial charge in [0.05, 0.1) is 6.10 Å². The van der Waals surface area contributed by atoms with E-state index in [-0.39, 0.29) is 6.10 Å². The molecule has 2 heteroatoms. The van der Waals surface area contributed by atoms with Crippen LogP contribution in [0, 0.1) is 11.8 Å². The van der Waals surface area contributed by atoms with Crippen LogP contribution in [0.3, 0.4) is 0 Å². The molecule has 0 radical (unpaired) electrons. The Labute approximate surface area is 87.3 Å². The zero-order chi connectivity index (χ0) is 11.0. The summed E-state index contributed by atoms with van der Waals surface area (Å²) < 4.78 is 5.46. The summed E-state index contributed by atoms with van der Waals surface area (Å²) in [6.45, 7) is 6.46. The minimum atomic E-state index is 0.214. The van der Waals surface area contributed by atoms with Crippen molar-refractivity contribution in [2.75, 3.05) is 7.11 Å². The molecule has 2 nitrogen and oxygen atoms in total. The topological polar surface area (TPSA) is 26.3 Å². The third kappa shape index (κ3) is 4.56. The van der Waals surface area contributed by atoms with E-state index in [1.54, 1.807) is 13.2 Å². The third-order valence-electron chi connectivity index (χ3n) is 2.59. The van der Waals surface area contributed by atoms with E-state index in [0.29, 0.717) is 11.8 Å². The molecule has 0 N–H and O–H groups in total. The smallest absolute Gasteiger partial charge is 0.142 e. The van der Waals surface area contributed by atoms with Crippen molar-refractivity contribution in [1.29, 1.82) is 0 Å². The largest absolute Gasteiger partial charge is 0.381 e. The van der Waals surface area contributed by atoms with Gasteiger partial charge in [0.2, 0.25) is 0 Å². The number of ether oxygens (including phenoxy) is 1. The molecule has 0 bridgehead atoms. The summed E-state index contributed by atoms with van der Waals surface area (Å²) in [5.74, 6) is 0.836. The number of hydrogen-bond donors (Lipinski definition) is 0. The van der Waals surface area contributed by atoms with Gasteiger partial charge in [0.25, 0.3) is 0 Å². The summed E-state index contributed by atoms with van der Waals surface area (Å²) in [5, 5.41) is 0. The zero-order valence-corrected chi connectivity index (χ0v) is 9.69. The maximum Gasteiger partial charge on any atom is 0.142 e. The van der Waals surface area contributed by atoms with Gasteiger partial charge in [-0.3, -0.25) is 4.79 Å². The fourth-order valence-electron chi connectivity index (χ4n) is 1.91. The standard InChI is InChI=1S/C12H22O2/c1-5-7-10(2)12(14-4)11(3)8-6-9-13/h6,8-12H,5,7H2,1-4H3. The first-order valence-electron chi connectivity index (χ1n) is 5.32. The zero-order valence-electron chi connectivity index (χ0n) is 9.69. The highest BCUT2D eigenvalue weighted by atomic mass is 16.5. The predicted octanol–water partition coefficient (Wildman–Crippen LogP) is 2.83. The van der Waals surface area contributed by atoms with Crippen molar-refractivity contribution in [2.24, 2.45) is 11.8 Å². The SMILES string of the molecule is CCCC(C)C(OC)C(C)C=CC=O. The Morgan fingerprint density at radius 1 is 1.36 bits per heavy atom. The lowest BCUT2D eigenvalue weighted by atomic mass is 9.90. The molecule has 14 heavy (non-hydrogen) atoms. The monoisotopic (exact) mass is 198 g/mol. The van der Waals surface area contributed by atoms with Crippen LogP contribution in [0.1, 0.15) is 33.6 Å². The van der Waals surface area contributed by atoms with E-state index in [1.165, 1.54) is 6.42 Å². The minimum Gasteiger partial charge on any atom is -0.381 e. The Morgan fingerprint density at radius 3 is 2.43 bits per heavy atom. The normalized spacial score (nSPS) is 18.0. The summed E-state index contributed by atoms with van der Waals surface area (Å²) in [4.78, 5) is 10.2. The van der Waals surface area contributed by atoms with E-state index in [9.17, 15) is 4.79 Å². The predicted molar refractivity (Wildman–Crippen MR) is 59.2 cm³/mol. The number of allylic oxidation sites excluding steroid dienone is 1. The van der Waals surface area contributed by atoms with Crippen LogP contribution in [0.2, 0.25) is 0 Å². The fourth-order valence-corrected chi connectivity index (χ4v) is 1.91. The number of carbonyl (C=O) groups is 1. The van der Waals surface area contributed by atoms with Crippen LogP contribution >= 0.6 is 0 Å². The molecule has 0 saturated heterocycles. The molecule has 0 aromatic rings. The Bertz CT molecular complexity index is 175. The number of hydrogen-bond acceptors (Lipinski definition) is 2. The quantitative estimate of drug-likeness (QED) is 0.464. The van der Waals surface area contributed by atoms with Gasteiger partial charge < -0.3 is 4.74 Å². The lowest BCUT2D eigenvalue weighted by molar-refractivity contribution is -0.104. The lowest BCUT2D eigenvalue weighted by Crippen LogP contribution is -2.26. The van der Waals surface area contributed by atoms with Crippen molar-refractivity contribution in [3.63, 3.8) is 0 Å². The van der Waals surface area contributed by atoms with Gasteiger partial charge in [-0.1, -0.05) is 33.3 Å². The molecular weight excluding hydrogens is 176 g/mol. The molecule has 0 aromatic heterocycles. The molecule has 0 saturated carbocycles. The van der Waals surface area contributed by atoms with Crippen molar-refractivity contribution >= 4 is 6.29 Å². The first kappa shape index (κ1) is 13.4. The van der Waals surface area contributed by atoms with Crippen molar-refractivity contribution < 1.29 is 9.53 Å². The van der Waals surface area contributed by atoms with Gasteiger partial charge in [-0.2, -0.15) is 0 Å². The van der Waals surface area contributed by atoms with Gasteiger partial charge in [-0.25, -0.2) is 0 Å². The summed E-state index contributed by atoms with van der Waals surface area (Å²) in [6.07, 6.45) is 6.82. The molecule has 0 spiro atoms. The summed E-state index contributed by atoms with van der Waals surface area (Å²) in [5.41, 5.74) is 0. The molecule has 0 rings (SSSR count). The molecule has 0 heterocycles. The molecule has 0 amide bonds. The van der Waals surface area contributed by atoms with Crippen LogP contribution in [-0.4, -0.2) is 19.5 Å². The van der Waals surface area contributed by atoms with Crippen LogP contribution < -0.4 is 0 Å². The first-order valence-corrected chi connectivity index (χ1v) is 5.32. The number of carbonyl (C=O) groups excluding carboxylic acids is 1. The number of rotatable bonds is 7. The Kier molecular flexibility index (Phi) is 7.40. The second-order valence-electron chi connectivity index (χ2n) is 3.85. The van der Waals surface area contributed by atoms with E-state index < -0.39 is 0 Å². The van der Waals surface area contributed by atoms with Gasteiger partial charge in [0.15, 0.2) is 0 Å². The highest BCUT2D eigenvalue weighted by Gasteiger charge is 2.20.